The average Bonchev–Trinajstić information content (AvgIpc) is 1.06. The average molecular weight is 1460 g/mol. The third-order valence-corrected chi connectivity index (χ3v) is 18.0. The molecule has 99 heavy (non-hydrogen) atoms. The Hall–Kier alpha value is -5.80. The van der Waals surface area contributed by atoms with Gasteiger partial charge in [-0.1, -0.05) is 119 Å². The van der Waals surface area contributed by atoms with Gasteiger partial charge >= 0.3 is 18.9 Å². The molecule has 0 atom stereocenters. The molecule has 0 spiro atoms. The minimum absolute atomic E-state index is 0. The van der Waals surface area contributed by atoms with Gasteiger partial charge in [-0.05, 0) is 121 Å². The summed E-state index contributed by atoms with van der Waals surface area (Å²) in [6.45, 7) is 21.6. The number of rotatable bonds is 32. The van der Waals surface area contributed by atoms with Gasteiger partial charge in [0.25, 0.3) is 11.1 Å². The monoisotopic (exact) mass is 1450 g/mol. The summed E-state index contributed by atoms with van der Waals surface area (Å²) < 4.78 is 53.1. The Morgan fingerprint density at radius 1 is 0.465 bits per heavy atom. The fourth-order valence-electron chi connectivity index (χ4n) is 11.6. The summed E-state index contributed by atoms with van der Waals surface area (Å²) >= 11 is 16.1. The predicted octanol–water partition coefficient (Wildman–Crippen LogP) is 9.82. The van der Waals surface area contributed by atoms with E-state index in [9.17, 15) is 14.7 Å². The maximum atomic E-state index is 14.3. The summed E-state index contributed by atoms with van der Waals surface area (Å²) in [6.07, 6.45) is 4.83. The number of hydrogen-bond donors (Lipinski definition) is 1. The van der Waals surface area contributed by atoms with Crippen molar-refractivity contribution in [2.24, 2.45) is 0 Å². The number of ether oxygens (including phenoxy) is 9. The van der Waals surface area contributed by atoms with Crippen molar-refractivity contribution >= 4 is 83.7 Å². The van der Waals surface area contributed by atoms with Crippen LogP contribution in [-0.2, 0) is 61.3 Å². The van der Waals surface area contributed by atoms with E-state index in [-0.39, 0.29) is 30.0 Å². The van der Waals surface area contributed by atoms with Crippen LogP contribution in [-0.4, -0.2) is 187 Å². The molecular weight excluding hydrogens is 1360 g/mol. The second-order valence-electron chi connectivity index (χ2n) is 23.6. The number of fused-ring (bicyclic) bond motifs is 2. The van der Waals surface area contributed by atoms with Crippen LogP contribution in [0.15, 0.2) is 172 Å². The summed E-state index contributed by atoms with van der Waals surface area (Å²) in [7, 11) is 3.29. The van der Waals surface area contributed by atoms with E-state index in [1.807, 2.05) is 95.6 Å². The Morgan fingerprint density at radius 2 is 0.808 bits per heavy atom. The minimum Gasteiger partial charge on any atom is -0.382 e. The van der Waals surface area contributed by atoms with Crippen LogP contribution in [0.5, 0.6) is 0 Å². The Kier molecular flexibility index (Phi) is 36.2. The van der Waals surface area contributed by atoms with E-state index in [1.54, 1.807) is 43.1 Å². The maximum Gasteiger partial charge on any atom is 1.00 e. The van der Waals surface area contributed by atoms with Crippen molar-refractivity contribution in [2.45, 2.75) is 51.3 Å². The maximum absolute atomic E-state index is 14.3. The zero-order valence-corrected chi connectivity index (χ0v) is 61.3. The van der Waals surface area contributed by atoms with Crippen molar-refractivity contribution in [1.29, 1.82) is 0 Å². The quantitative estimate of drug-likeness (QED) is 0.0184. The number of aromatic nitrogens is 2. The normalized spacial score (nSPS) is 13.9. The van der Waals surface area contributed by atoms with Crippen LogP contribution < -0.4 is 49.6 Å². The van der Waals surface area contributed by atoms with Crippen LogP contribution >= 0.6 is 39.1 Å². The Morgan fingerprint density at radius 3 is 1.17 bits per heavy atom. The van der Waals surface area contributed by atoms with Crippen LogP contribution in [0, 0.1) is 6.92 Å². The number of pyridine rings is 2. The molecule has 530 valence electrons. The van der Waals surface area contributed by atoms with Crippen LogP contribution in [0.4, 0.5) is 22.7 Å². The number of aliphatic hydroxyl groups is 1. The van der Waals surface area contributed by atoms with E-state index in [0.29, 0.717) is 151 Å². The number of halogens is 3. The largest absolute Gasteiger partial charge is 1.00 e. The van der Waals surface area contributed by atoms with E-state index in [4.69, 9.17) is 65.8 Å². The molecule has 22 heteroatoms. The summed E-state index contributed by atoms with van der Waals surface area (Å²) in [5.41, 5.74) is 5.80. The molecule has 0 aliphatic carbocycles. The molecule has 3 saturated heterocycles. The van der Waals surface area contributed by atoms with Gasteiger partial charge in [-0.2, -0.15) is 6.42 Å². The van der Waals surface area contributed by atoms with Crippen LogP contribution in [0.1, 0.15) is 49.3 Å². The third-order valence-electron chi connectivity index (χ3n) is 17.0. The van der Waals surface area contributed by atoms with Crippen LogP contribution in [0.2, 0.25) is 10.0 Å². The molecule has 0 bridgehead atoms. The first-order chi connectivity index (χ1) is 48.0. The van der Waals surface area contributed by atoms with E-state index >= 15 is 0 Å². The molecule has 0 radical (unpaired) electrons. The molecule has 1 N–H and O–H groups in total. The molecular formula is C77H98BrCl2LiN6O12. The van der Waals surface area contributed by atoms with E-state index in [2.05, 4.69) is 91.8 Å². The smallest absolute Gasteiger partial charge is 0.382 e. The second-order valence-corrected chi connectivity index (χ2v) is 25.4. The van der Waals surface area contributed by atoms with Gasteiger partial charge in [0.2, 0.25) is 0 Å². The minimum atomic E-state index is -1.52. The third kappa shape index (κ3) is 24.7. The topological polar surface area (TPSA) is 160 Å². The number of para-hydroxylation sites is 2. The number of nitrogens with zero attached hydrogens (tertiary/aromatic N) is 6. The molecule has 6 aromatic carbocycles. The van der Waals surface area contributed by atoms with Gasteiger partial charge < -0.3 is 83.4 Å². The molecule has 5 heterocycles. The first-order valence-electron chi connectivity index (χ1n) is 34.1. The molecule has 0 amide bonds. The van der Waals surface area contributed by atoms with Crippen LogP contribution in [0.25, 0.3) is 21.8 Å². The molecule has 2 aromatic heterocycles. The molecule has 3 aliphatic heterocycles. The molecule has 3 aliphatic rings. The predicted molar refractivity (Wildman–Crippen MR) is 400 cm³/mol. The summed E-state index contributed by atoms with van der Waals surface area (Å²) in [4.78, 5) is 37.0. The van der Waals surface area contributed by atoms with Gasteiger partial charge in [0.1, 0.15) is 17.0 Å². The molecule has 3 fully saturated rings. The van der Waals surface area contributed by atoms with Gasteiger partial charge in [-0.25, -0.2) is 0 Å². The van der Waals surface area contributed by atoms with Crippen molar-refractivity contribution in [3.63, 3.8) is 0 Å². The zero-order chi connectivity index (χ0) is 69.2. The van der Waals surface area contributed by atoms with E-state index in [0.717, 1.165) is 90.9 Å². The molecule has 11 rings (SSSR count). The zero-order valence-electron chi connectivity index (χ0n) is 58.2. The summed E-state index contributed by atoms with van der Waals surface area (Å²) in [5, 5.41) is 15.7. The molecule has 18 nitrogen and oxygen atoms in total. The number of piperazine rings is 2. The molecule has 0 unspecified atom stereocenters. The Labute approximate surface area is 615 Å². The van der Waals surface area contributed by atoms with Gasteiger partial charge in [0.05, 0.1) is 104 Å². The number of methoxy groups -OCH3 is 2. The van der Waals surface area contributed by atoms with Crippen LogP contribution in [0.3, 0.4) is 0 Å². The van der Waals surface area contributed by atoms with Gasteiger partial charge in [-0.15, -0.1) is 0 Å². The molecule has 0 saturated carbocycles. The fourth-order valence-corrected chi connectivity index (χ4v) is 12.2. The Balaban J connectivity index is 0.000000255. The van der Waals surface area contributed by atoms with Crippen molar-refractivity contribution in [2.75, 3.05) is 192 Å². The van der Waals surface area contributed by atoms with Gasteiger partial charge in [0.15, 0.2) is 0 Å². The fraction of sp³-hybridized carbons (Fsp3) is 0.442. The second kappa shape index (κ2) is 44.5. The number of hydrogen-bond acceptors (Lipinski definition) is 16. The SMILES string of the molecule is C1CCOC1.COCCOCCOCCOCCn1c(=O)c(N2CCN(c3ccccc3)CC2)cc2cc(Br)ccc21.COCCOCCOCCOCCn1c(=O)c(N2CCN(c3ccccc3)CC2)cc2cc(C(O)(c3ccc(Cl)cc3)c3ccc(Cl)cc3)ccc21.[CH2-]CCC.[Li+]. The first-order valence-corrected chi connectivity index (χ1v) is 35.7. The summed E-state index contributed by atoms with van der Waals surface area (Å²) in [6, 6.07) is 51.0. The number of unbranched alkanes of at least 4 members (excludes halogenated alkanes) is 1. The molecule has 8 aromatic rings. The van der Waals surface area contributed by atoms with Crippen molar-refractivity contribution in [3.05, 3.63) is 217 Å². The number of benzene rings is 6. The first kappa shape index (κ1) is 80.5. The van der Waals surface area contributed by atoms with Crippen molar-refractivity contribution in [1.82, 2.24) is 9.13 Å². The van der Waals surface area contributed by atoms with Crippen molar-refractivity contribution < 1.29 is 66.6 Å². The van der Waals surface area contributed by atoms with E-state index in [1.165, 1.54) is 30.6 Å². The number of anilines is 4. The summed E-state index contributed by atoms with van der Waals surface area (Å²) in [5.74, 6) is 0. The van der Waals surface area contributed by atoms with E-state index < -0.39 is 5.60 Å². The van der Waals surface area contributed by atoms with Crippen molar-refractivity contribution in [3.8, 4) is 0 Å². The standard InChI is InChI=1S/C41H45Cl2N3O6.C28H36BrN3O5.C4H8O.C4H9.Li/c1-49-23-24-51-27-28-52-26-25-50-22-21-46-38-16-11-34(41(48,32-7-12-35(42)13-8-32)33-9-14-36(43)15-10-33)29-31(38)30-39(40(46)47)45-19-17-44(18-20-45)37-5-3-2-4-6-37;1-34-15-16-36-19-20-37-18-17-35-14-13-32-26-8-7-24(29)21-23(26)22-27(28(32)33)31-11-9-30(10-12-31)25-5-3-2-4-6-25;1-2-4-5-3-1;1-3-4-2;/h2-16,29-30,48H,17-28H2,1H3;2-8,21-22H,9-20H2,1H3;1-4H2;1,3-4H2,2H3;/q;;;-1;+1. The van der Waals surface area contributed by atoms with Gasteiger partial charge in [-0.3, -0.25) is 9.59 Å². The Bertz CT molecular complexity index is 3640. The van der Waals surface area contributed by atoms with Gasteiger partial charge in [0, 0.05) is 130 Å².